The first kappa shape index (κ1) is 14.0. The number of nitrogens with zero attached hydrogens (tertiary/aromatic N) is 1. The molecule has 1 aliphatic carbocycles. The van der Waals surface area contributed by atoms with E-state index in [-0.39, 0.29) is 0 Å². The predicted molar refractivity (Wildman–Crippen MR) is 69.3 cm³/mol. The number of primary sulfonamides is 1. The smallest absolute Gasteiger partial charge is 0.299 e. The van der Waals surface area contributed by atoms with E-state index in [1.54, 1.807) is 0 Å². The lowest BCUT2D eigenvalue weighted by molar-refractivity contribution is 0.446. The van der Waals surface area contributed by atoms with Crippen LogP contribution in [0.2, 0.25) is 0 Å². The molecule has 1 fully saturated rings. The number of sulfonamides is 1. The van der Waals surface area contributed by atoms with Crippen LogP contribution in [-0.4, -0.2) is 18.0 Å². The molecule has 0 atom stereocenters. The Bertz CT molecular complexity index is 668. The van der Waals surface area contributed by atoms with Gasteiger partial charge in [0, 0.05) is 12.7 Å². The third-order valence-corrected chi connectivity index (χ3v) is 4.44. The number of nitrogens with one attached hydrogen (secondary N) is 1. The van der Waals surface area contributed by atoms with Crippen molar-refractivity contribution in [2.45, 2.75) is 43.5 Å². The minimum atomic E-state index is -4.11. The summed E-state index contributed by atoms with van der Waals surface area (Å²) in [5, 5.41) is 4.93. The second-order valence-corrected chi connectivity index (χ2v) is 6.46. The Hall–Kier alpha value is -1.41. The molecule has 106 valence electrons. The van der Waals surface area contributed by atoms with Crippen molar-refractivity contribution in [1.29, 1.82) is 0 Å². The molecule has 0 bridgehead atoms. The van der Waals surface area contributed by atoms with E-state index in [1.807, 2.05) is 4.98 Å². The summed E-state index contributed by atoms with van der Waals surface area (Å²) < 4.78 is 23.6. The van der Waals surface area contributed by atoms with Crippen molar-refractivity contribution in [2.24, 2.45) is 11.1 Å². The van der Waals surface area contributed by atoms with Crippen LogP contribution in [0.25, 0.3) is 0 Å². The molecule has 1 aliphatic rings. The second kappa shape index (κ2) is 5.30. The molecule has 1 heterocycles. The van der Waals surface area contributed by atoms with Crippen molar-refractivity contribution < 1.29 is 8.42 Å². The summed E-state index contributed by atoms with van der Waals surface area (Å²) in [7, 11) is -4.11. The van der Waals surface area contributed by atoms with Gasteiger partial charge in [-0.3, -0.25) is 14.3 Å². The molecular formula is C11H17N3O4S. The molecule has 0 unspecified atom stereocenters. The standard InChI is InChI=1S/C11H17N3O4S/c12-19(17,18)9-7-14(11(16)13-10(9)15)6-5-8-3-1-2-4-8/h7-8H,1-6H2,(H2,12,17,18)(H,13,15,16). The van der Waals surface area contributed by atoms with Gasteiger partial charge in [0.25, 0.3) is 5.56 Å². The summed E-state index contributed by atoms with van der Waals surface area (Å²) in [6.07, 6.45) is 6.52. The van der Waals surface area contributed by atoms with E-state index in [9.17, 15) is 18.0 Å². The van der Waals surface area contributed by atoms with E-state index in [2.05, 4.69) is 0 Å². The Morgan fingerprint density at radius 3 is 2.53 bits per heavy atom. The van der Waals surface area contributed by atoms with Crippen molar-refractivity contribution >= 4 is 10.0 Å². The van der Waals surface area contributed by atoms with E-state index in [0.717, 1.165) is 25.5 Å². The van der Waals surface area contributed by atoms with Gasteiger partial charge in [-0.15, -0.1) is 0 Å². The van der Waals surface area contributed by atoms with Crippen LogP contribution in [0, 0.1) is 5.92 Å². The molecule has 0 aliphatic heterocycles. The highest BCUT2D eigenvalue weighted by Gasteiger charge is 2.18. The fourth-order valence-corrected chi connectivity index (χ4v) is 3.06. The molecule has 0 aromatic carbocycles. The molecule has 0 saturated heterocycles. The Balaban J connectivity index is 2.25. The van der Waals surface area contributed by atoms with Crippen LogP contribution in [-0.2, 0) is 16.6 Å². The lowest BCUT2D eigenvalue weighted by atomic mass is 10.0. The van der Waals surface area contributed by atoms with Gasteiger partial charge in [0.05, 0.1) is 0 Å². The third-order valence-electron chi connectivity index (χ3n) is 3.54. The van der Waals surface area contributed by atoms with E-state index < -0.39 is 26.2 Å². The quantitative estimate of drug-likeness (QED) is 0.795. The number of nitrogens with two attached hydrogens (primary N) is 1. The summed E-state index contributed by atoms with van der Waals surface area (Å²) in [5.41, 5.74) is -1.57. The first-order valence-electron chi connectivity index (χ1n) is 6.24. The van der Waals surface area contributed by atoms with E-state index >= 15 is 0 Å². The zero-order valence-corrected chi connectivity index (χ0v) is 11.3. The Kier molecular flexibility index (Phi) is 3.91. The monoisotopic (exact) mass is 287 g/mol. The number of hydrogen-bond acceptors (Lipinski definition) is 4. The number of rotatable bonds is 4. The number of hydrogen-bond donors (Lipinski definition) is 2. The first-order valence-corrected chi connectivity index (χ1v) is 7.79. The maximum absolute atomic E-state index is 11.6. The first-order chi connectivity index (χ1) is 8.88. The number of aryl methyl sites for hydroxylation is 1. The highest BCUT2D eigenvalue weighted by molar-refractivity contribution is 7.89. The minimum Gasteiger partial charge on any atom is -0.299 e. The minimum absolute atomic E-state index is 0.392. The van der Waals surface area contributed by atoms with Gasteiger partial charge in [-0.2, -0.15) is 0 Å². The highest BCUT2D eigenvalue weighted by Crippen LogP contribution is 2.27. The van der Waals surface area contributed by atoms with Gasteiger partial charge in [0.2, 0.25) is 10.0 Å². The maximum atomic E-state index is 11.6. The average Bonchev–Trinajstić information content (AvgIpc) is 2.79. The van der Waals surface area contributed by atoms with Gasteiger partial charge in [0.1, 0.15) is 0 Å². The van der Waals surface area contributed by atoms with Crippen molar-refractivity contribution in [3.8, 4) is 0 Å². The van der Waals surface area contributed by atoms with Crippen LogP contribution in [0.5, 0.6) is 0 Å². The van der Waals surface area contributed by atoms with Gasteiger partial charge >= 0.3 is 5.69 Å². The largest absolute Gasteiger partial charge is 0.328 e. The Morgan fingerprint density at radius 1 is 1.32 bits per heavy atom. The maximum Gasteiger partial charge on any atom is 0.328 e. The molecule has 0 spiro atoms. The zero-order chi connectivity index (χ0) is 14.0. The highest BCUT2D eigenvalue weighted by atomic mass is 32.2. The molecule has 2 rings (SSSR count). The van der Waals surface area contributed by atoms with Crippen LogP contribution in [0.15, 0.2) is 20.7 Å². The van der Waals surface area contributed by atoms with Crippen molar-refractivity contribution in [3.63, 3.8) is 0 Å². The van der Waals surface area contributed by atoms with Crippen LogP contribution < -0.4 is 16.4 Å². The summed E-state index contributed by atoms with van der Waals surface area (Å²) in [5.74, 6) is 0.566. The van der Waals surface area contributed by atoms with Crippen LogP contribution in [0.4, 0.5) is 0 Å². The average molecular weight is 287 g/mol. The normalized spacial score (nSPS) is 16.9. The van der Waals surface area contributed by atoms with Gasteiger partial charge in [-0.05, 0) is 12.3 Å². The number of aromatic nitrogens is 2. The predicted octanol–water partition coefficient (Wildman–Crippen LogP) is -0.236. The Labute approximate surface area is 110 Å². The van der Waals surface area contributed by atoms with Crippen LogP contribution in [0.1, 0.15) is 32.1 Å². The van der Waals surface area contributed by atoms with E-state index in [1.165, 1.54) is 17.4 Å². The topological polar surface area (TPSA) is 115 Å². The van der Waals surface area contributed by atoms with Crippen molar-refractivity contribution in [3.05, 3.63) is 27.0 Å². The van der Waals surface area contributed by atoms with Gasteiger partial charge < -0.3 is 0 Å². The fraction of sp³-hybridized carbons (Fsp3) is 0.636. The lowest BCUT2D eigenvalue weighted by Gasteiger charge is -2.10. The fourth-order valence-electron chi connectivity index (χ4n) is 2.48. The van der Waals surface area contributed by atoms with Gasteiger partial charge in [-0.1, -0.05) is 25.7 Å². The van der Waals surface area contributed by atoms with Crippen LogP contribution >= 0.6 is 0 Å². The van der Waals surface area contributed by atoms with Gasteiger partial charge in [-0.25, -0.2) is 18.4 Å². The SMILES string of the molecule is NS(=O)(=O)c1cn(CCC2CCCC2)c(=O)[nH]c1=O. The third kappa shape index (κ3) is 3.32. The van der Waals surface area contributed by atoms with Gasteiger partial charge in [0.15, 0.2) is 4.90 Å². The van der Waals surface area contributed by atoms with Crippen molar-refractivity contribution in [1.82, 2.24) is 9.55 Å². The molecule has 7 nitrogen and oxygen atoms in total. The lowest BCUT2D eigenvalue weighted by Crippen LogP contribution is -2.34. The van der Waals surface area contributed by atoms with E-state index in [0.29, 0.717) is 12.5 Å². The summed E-state index contributed by atoms with van der Waals surface area (Å²) in [6, 6.07) is 0. The van der Waals surface area contributed by atoms with Crippen LogP contribution in [0.3, 0.4) is 0 Å². The zero-order valence-electron chi connectivity index (χ0n) is 10.5. The summed E-state index contributed by atoms with van der Waals surface area (Å²) in [4.78, 5) is 24.4. The molecular weight excluding hydrogens is 270 g/mol. The van der Waals surface area contributed by atoms with Crippen molar-refractivity contribution in [2.75, 3.05) is 0 Å². The molecule has 0 amide bonds. The number of aromatic amines is 1. The Morgan fingerprint density at radius 2 is 1.95 bits per heavy atom. The summed E-state index contributed by atoms with van der Waals surface area (Å²) in [6.45, 7) is 0.392. The molecule has 19 heavy (non-hydrogen) atoms. The summed E-state index contributed by atoms with van der Waals surface area (Å²) >= 11 is 0. The van der Waals surface area contributed by atoms with E-state index in [4.69, 9.17) is 5.14 Å². The molecule has 1 aromatic heterocycles. The molecule has 0 radical (unpaired) electrons. The number of H-pyrrole nitrogens is 1. The molecule has 1 aromatic rings. The molecule has 1 saturated carbocycles. The molecule has 3 N–H and O–H groups in total. The second-order valence-electron chi connectivity index (χ2n) is 4.93. The molecule has 8 heteroatoms.